The van der Waals surface area contributed by atoms with Crippen LogP contribution >= 0.6 is 0 Å². The maximum absolute atomic E-state index is 11.1. The van der Waals surface area contributed by atoms with Gasteiger partial charge in [-0.1, -0.05) is 20.3 Å². The molecule has 1 heterocycles. The smallest absolute Gasteiger partial charge is 0.334 e. The number of esters is 1. The zero-order valence-corrected chi connectivity index (χ0v) is 8.37. The van der Waals surface area contributed by atoms with E-state index in [1.165, 1.54) is 6.08 Å². The number of carbonyl (C=O) groups is 1. The van der Waals surface area contributed by atoms with Gasteiger partial charge in [-0.15, -0.1) is 0 Å². The van der Waals surface area contributed by atoms with E-state index in [4.69, 9.17) is 9.47 Å². The van der Waals surface area contributed by atoms with E-state index < -0.39 is 0 Å². The van der Waals surface area contributed by atoms with Crippen molar-refractivity contribution >= 4 is 5.97 Å². The van der Waals surface area contributed by atoms with Crippen LogP contribution in [0.5, 0.6) is 0 Å². The first-order valence-corrected chi connectivity index (χ1v) is 4.65. The van der Waals surface area contributed by atoms with Crippen molar-refractivity contribution in [2.45, 2.75) is 32.8 Å². The van der Waals surface area contributed by atoms with Crippen LogP contribution in [-0.4, -0.2) is 19.2 Å². The fourth-order valence-corrected chi connectivity index (χ4v) is 1.55. The van der Waals surface area contributed by atoms with Gasteiger partial charge in [-0.3, -0.25) is 0 Å². The molecular formula is C10H16O3. The van der Waals surface area contributed by atoms with Gasteiger partial charge in [-0.2, -0.15) is 0 Å². The Balaban J connectivity index is 2.72. The van der Waals surface area contributed by atoms with E-state index in [0.717, 1.165) is 18.6 Å². The molecule has 0 unspecified atom stereocenters. The molecule has 0 aromatic rings. The summed E-state index contributed by atoms with van der Waals surface area (Å²) in [4.78, 5) is 11.1. The summed E-state index contributed by atoms with van der Waals surface area (Å²) in [5.74, 6) is 0.630. The van der Waals surface area contributed by atoms with E-state index in [2.05, 4.69) is 6.92 Å². The summed E-state index contributed by atoms with van der Waals surface area (Å²) in [7, 11) is 1.59. The van der Waals surface area contributed by atoms with Crippen molar-refractivity contribution in [2.24, 2.45) is 5.92 Å². The maximum Gasteiger partial charge on any atom is 0.334 e. The van der Waals surface area contributed by atoms with Gasteiger partial charge in [-0.05, 0) is 6.42 Å². The van der Waals surface area contributed by atoms with E-state index in [-0.39, 0.29) is 18.0 Å². The molecule has 0 N–H and O–H groups in total. The lowest BCUT2D eigenvalue weighted by Crippen LogP contribution is -2.31. The van der Waals surface area contributed by atoms with Gasteiger partial charge in [0.1, 0.15) is 11.9 Å². The van der Waals surface area contributed by atoms with Crippen LogP contribution in [0.15, 0.2) is 11.8 Å². The molecule has 1 aliphatic heterocycles. The number of ether oxygens (including phenoxy) is 2. The Morgan fingerprint density at radius 1 is 1.62 bits per heavy atom. The van der Waals surface area contributed by atoms with Gasteiger partial charge in [0.05, 0.1) is 19.1 Å². The van der Waals surface area contributed by atoms with Crippen molar-refractivity contribution in [3.63, 3.8) is 0 Å². The highest BCUT2D eigenvalue weighted by Gasteiger charge is 2.29. The Bertz CT molecular complexity index is 220. The van der Waals surface area contributed by atoms with Crippen LogP contribution in [0, 0.1) is 5.92 Å². The average molecular weight is 184 g/mol. The average Bonchev–Trinajstić information content (AvgIpc) is 2.11. The Kier molecular flexibility index (Phi) is 3.34. The van der Waals surface area contributed by atoms with Crippen molar-refractivity contribution in [1.82, 2.24) is 0 Å². The standard InChI is InChI=1S/C10H16O3/c1-4-5-8-7(2)9(12-3)6-10(11)13-8/h6-8H,4-5H2,1-3H3/t7-,8-/m1/s1. The molecule has 0 saturated carbocycles. The van der Waals surface area contributed by atoms with Gasteiger partial charge in [0.15, 0.2) is 0 Å². The van der Waals surface area contributed by atoms with Crippen LogP contribution in [0.2, 0.25) is 0 Å². The normalized spacial score (nSPS) is 27.9. The predicted molar refractivity (Wildman–Crippen MR) is 49.0 cm³/mol. The number of cyclic esters (lactones) is 1. The van der Waals surface area contributed by atoms with Crippen LogP contribution in [0.4, 0.5) is 0 Å². The molecule has 74 valence electrons. The summed E-state index contributed by atoms with van der Waals surface area (Å²) >= 11 is 0. The Hall–Kier alpha value is -0.990. The third-order valence-corrected chi connectivity index (χ3v) is 2.34. The molecule has 0 aromatic carbocycles. The van der Waals surface area contributed by atoms with Crippen LogP contribution in [-0.2, 0) is 14.3 Å². The Labute approximate surface area is 78.7 Å². The lowest BCUT2D eigenvalue weighted by Gasteiger charge is -2.28. The minimum atomic E-state index is -0.284. The molecule has 0 spiro atoms. The maximum atomic E-state index is 11.1. The molecule has 0 amide bonds. The van der Waals surface area contributed by atoms with Gasteiger partial charge < -0.3 is 9.47 Å². The number of hydrogen-bond donors (Lipinski definition) is 0. The first-order chi connectivity index (χ1) is 6.19. The molecule has 0 saturated heterocycles. The minimum Gasteiger partial charge on any atom is -0.500 e. The Morgan fingerprint density at radius 3 is 2.85 bits per heavy atom. The quantitative estimate of drug-likeness (QED) is 0.628. The molecular weight excluding hydrogens is 168 g/mol. The van der Waals surface area contributed by atoms with Crippen molar-refractivity contribution in [3.05, 3.63) is 11.8 Å². The van der Waals surface area contributed by atoms with E-state index in [0.29, 0.717) is 0 Å². The highest BCUT2D eigenvalue weighted by atomic mass is 16.6. The van der Waals surface area contributed by atoms with E-state index in [9.17, 15) is 4.79 Å². The summed E-state index contributed by atoms with van der Waals surface area (Å²) in [6.45, 7) is 4.09. The molecule has 0 radical (unpaired) electrons. The summed E-state index contributed by atoms with van der Waals surface area (Å²) in [5, 5.41) is 0. The summed E-state index contributed by atoms with van der Waals surface area (Å²) < 4.78 is 10.3. The second-order valence-corrected chi connectivity index (χ2v) is 3.30. The van der Waals surface area contributed by atoms with Crippen LogP contribution in [0.1, 0.15) is 26.7 Å². The topological polar surface area (TPSA) is 35.5 Å². The van der Waals surface area contributed by atoms with Gasteiger partial charge in [0.25, 0.3) is 0 Å². The Morgan fingerprint density at radius 2 is 2.31 bits per heavy atom. The monoisotopic (exact) mass is 184 g/mol. The molecule has 0 aliphatic carbocycles. The van der Waals surface area contributed by atoms with E-state index in [1.54, 1.807) is 7.11 Å². The molecule has 0 aromatic heterocycles. The van der Waals surface area contributed by atoms with Crippen molar-refractivity contribution < 1.29 is 14.3 Å². The second kappa shape index (κ2) is 4.30. The van der Waals surface area contributed by atoms with Crippen molar-refractivity contribution in [3.8, 4) is 0 Å². The SMILES string of the molecule is CCC[C@H]1OC(=O)C=C(OC)[C@@H]1C. The fraction of sp³-hybridized carbons (Fsp3) is 0.700. The molecule has 0 bridgehead atoms. The molecule has 3 nitrogen and oxygen atoms in total. The van der Waals surface area contributed by atoms with Gasteiger partial charge in [-0.25, -0.2) is 4.79 Å². The van der Waals surface area contributed by atoms with Crippen LogP contribution in [0.25, 0.3) is 0 Å². The number of hydrogen-bond acceptors (Lipinski definition) is 3. The number of carbonyl (C=O) groups excluding carboxylic acids is 1. The molecule has 1 rings (SSSR count). The minimum absolute atomic E-state index is 0.0163. The lowest BCUT2D eigenvalue weighted by molar-refractivity contribution is -0.148. The second-order valence-electron chi connectivity index (χ2n) is 3.30. The van der Waals surface area contributed by atoms with Crippen LogP contribution in [0.3, 0.4) is 0 Å². The molecule has 13 heavy (non-hydrogen) atoms. The fourth-order valence-electron chi connectivity index (χ4n) is 1.55. The first kappa shape index (κ1) is 10.1. The highest BCUT2D eigenvalue weighted by molar-refractivity contribution is 5.83. The zero-order valence-electron chi connectivity index (χ0n) is 8.37. The molecule has 2 atom stereocenters. The highest BCUT2D eigenvalue weighted by Crippen LogP contribution is 2.25. The number of methoxy groups -OCH3 is 1. The lowest BCUT2D eigenvalue weighted by atomic mass is 9.96. The third-order valence-electron chi connectivity index (χ3n) is 2.34. The molecule has 1 aliphatic rings. The van der Waals surface area contributed by atoms with Crippen molar-refractivity contribution in [2.75, 3.05) is 7.11 Å². The first-order valence-electron chi connectivity index (χ1n) is 4.65. The number of rotatable bonds is 3. The summed E-state index contributed by atoms with van der Waals surface area (Å²) in [5.41, 5.74) is 0. The zero-order chi connectivity index (χ0) is 9.84. The van der Waals surface area contributed by atoms with Gasteiger partial charge >= 0.3 is 5.97 Å². The van der Waals surface area contributed by atoms with Crippen LogP contribution < -0.4 is 0 Å². The molecule has 0 fully saturated rings. The predicted octanol–water partition coefficient (Wildman–Crippen LogP) is 1.88. The largest absolute Gasteiger partial charge is 0.500 e. The summed E-state index contributed by atoms with van der Waals surface area (Å²) in [6.07, 6.45) is 3.32. The van der Waals surface area contributed by atoms with Gasteiger partial charge in [0.2, 0.25) is 0 Å². The van der Waals surface area contributed by atoms with E-state index in [1.807, 2.05) is 6.92 Å². The molecule has 3 heteroatoms. The van der Waals surface area contributed by atoms with Gasteiger partial charge in [0, 0.05) is 0 Å². The third kappa shape index (κ3) is 2.23. The van der Waals surface area contributed by atoms with Crippen molar-refractivity contribution in [1.29, 1.82) is 0 Å². The van der Waals surface area contributed by atoms with E-state index >= 15 is 0 Å². The summed E-state index contributed by atoms with van der Waals surface area (Å²) in [6, 6.07) is 0.